The molecule has 84 valence electrons. The van der Waals surface area contributed by atoms with Crippen LogP contribution in [0.3, 0.4) is 0 Å². The molecular formula is C12H16N4. The molecule has 0 unspecified atom stereocenters. The van der Waals surface area contributed by atoms with Crippen LogP contribution in [0.2, 0.25) is 0 Å². The molecule has 0 fully saturated rings. The number of pyridine rings is 1. The third kappa shape index (κ3) is 2.59. The van der Waals surface area contributed by atoms with Gasteiger partial charge in [0.25, 0.3) is 0 Å². The van der Waals surface area contributed by atoms with Gasteiger partial charge in [0.1, 0.15) is 0 Å². The Hall–Kier alpha value is -1.84. The predicted molar refractivity (Wildman–Crippen MR) is 64.3 cm³/mol. The van der Waals surface area contributed by atoms with Crippen LogP contribution in [0.15, 0.2) is 36.9 Å². The van der Waals surface area contributed by atoms with Gasteiger partial charge in [-0.25, -0.2) is 4.98 Å². The fourth-order valence-corrected chi connectivity index (χ4v) is 1.53. The first-order valence-electron chi connectivity index (χ1n) is 5.54. The molecule has 0 aliphatic heterocycles. The Bertz CT molecular complexity index is 422. The van der Waals surface area contributed by atoms with Gasteiger partial charge in [-0.2, -0.15) is 0 Å². The topological polar surface area (TPSA) is 42.7 Å². The van der Waals surface area contributed by atoms with Gasteiger partial charge < -0.3 is 9.88 Å². The van der Waals surface area contributed by atoms with E-state index in [9.17, 15) is 0 Å². The fourth-order valence-electron chi connectivity index (χ4n) is 1.53. The highest BCUT2D eigenvalue weighted by Gasteiger charge is 2.01. The lowest BCUT2D eigenvalue weighted by molar-refractivity contribution is 0.789. The van der Waals surface area contributed by atoms with E-state index in [1.807, 2.05) is 24.7 Å². The summed E-state index contributed by atoms with van der Waals surface area (Å²) in [6, 6.07) is 4.02. The van der Waals surface area contributed by atoms with Gasteiger partial charge in [-0.3, -0.25) is 4.98 Å². The van der Waals surface area contributed by atoms with Gasteiger partial charge >= 0.3 is 0 Å². The van der Waals surface area contributed by atoms with Crippen molar-refractivity contribution >= 4 is 5.95 Å². The van der Waals surface area contributed by atoms with Crippen molar-refractivity contribution in [2.45, 2.75) is 19.9 Å². The van der Waals surface area contributed by atoms with Crippen LogP contribution in [-0.2, 0) is 6.54 Å². The van der Waals surface area contributed by atoms with Crippen LogP contribution in [0, 0.1) is 0 Å². The molecule has 0 bridgehead atoms. The highest BCUT2D eigenvalue weighted by molar-refractivity contribution is 5.27. The van der Waals surface area contributed by atoms with Gasteiger partial charge in [0.05, 0.1) is 6.54 Å². The van der Waals surface area contributed by atoms with Crippen molar-refractivity contribution in [3.63, 3.8) is 0 Å². The molecule has 0 atom stereocenters. The van der Waals surface area contributed by atoms with E-state index in [1.54, 1.807) is 6.20 Å². The molecule has 0 spiro atoms. The second kappa shape index (κ2) is 5.30. The normalized spacial score (nSPS) is 10.3. The van der Waals surface area contributed by atoms with Crippen LogP contribution in [0.25, 0.3) is 0 Å². The lowest BCUT2D eigenvalue weighted by atomic mass is 10.3. The van der Waals surface area contributed by atoms with Crippen LogP contribution >= 0.6 is 0 Å². The van der Waals surface area contributed by atoms with E-state index in [4.69, 9.17) is 0 Å². The Morgan fingerprint density at radius 2 is 2.31 bits per heavy atom. The fraction of sp³-hybridized carbons (Fsp3) is 0.333. The lowest BCUT2D eigenvalue weighted by Gasteiger charge is -2.08. The van der Waals surface area contributed by atoms with Gasteiger partial charge in [0.15, 0.2) is 0 Å². The van der Waals surface area contributed by atoms with Crippen molar-refractivity contribution in [2.24, 2.45) is 0 Å². The molecule has 0 saturated carbocycles. The molecule has 4 nitrogen and oxygen atoms in total. The van der Waals surface area contributed by atoms with Crippen LogP contribution in [-0.4, -0.2) is 21.1 Å². The number of aromatic nitrogens is 3. The number of nitrogens with zero attached hydrogens (tertiary/aromatic N) is 3. The molecular weight excluding hydrogens is 200 g/mol. The van der Waals surface area contributed by atoms with E-state index in [0.29, 0.717) is 0 Å². The minimum absolute atomic E-state index is 0.805. The molecule has 0 aliphatic rings. The molecule has 16 heavy (non-hydrogen) atoms. The van der Waals surface area contributed by atoms with Crippen molar-refractivity contribution in [2.75, 3.05) is 11.9 Å². The molecule has 2 heterocycles. The summed E-state index contributed by atoms with van der Waals surface area (Å²) >= 11 is 0. The zero-order chi connectivity index (χ0) is 11.2. The highest BCUT2D eigenvalue weighted by atomic mass is 15.2. The Morgan fingerprint density at radius 3 is 3.06 bits per heavy atom. The summed E-state index contributed by atoms with van der Waals surface area (Å²) in [5.41, 5.74) is 1.18. The van der Waals surface area contributed by atoms with Crippen LogP contribution in [0.1, 0.15) is 18.9 Å². The van der Waals surface area contributed by atoms with E-state index >= 15 is 0 Å². The van der Waals surface area contributed by atoms with Gasteiger partial charge in [-0.05, 0) is 18.1 Å². The van der Waals surface area contributed by atoms with Crippen molar-refractivity contribution < 1.29 is 0 Å². The summed E-state index contributed by atoms with van der Waals surface area (Å²) in [4.78, 5) is 8.38. The predicted octanol–water partition coefficient (Wildman–Crippen LogP) is 2.15. The maximum Gasteiger partial charge on any atom is 0.203 e. The van der Waals surface area contributed by atoms with Crippen molar-refractivity contribution in [3.05, 3.63) is 42.5 Å². The number of imidazole rings is 1. The molecule has 2 rings (SSSR count). The summed E-state index contributed by atoms with van der Waals surface area (Å²) < 4.78 is 2.09. The van der Waals surface area contributed by atoms with Crippen LogP contribution in [0.4, 0.5) is 5.95 Å². The van der Waals surface area contributed by atoms with Crippen LogP contribution < -0.4 is 5.32 Å². The number of hydrogen-bond acceptors (Lipinski definition) is 3. The first-order valence-corrected chi connectivity index (χ1v) is 5.54. The number of rotatable bonds is 5. The molecule has 2 aromatic heterocycles. The molecule has 2 aromatic rings. The zero-order valence-corrected chi connectivity index (χ0v) is 9.43. The van der Waals surface area contributed by atoms with E-state index in [2.05, 4.69) is 32.8 Å². The lowest BCUT2D eigenvalue weighted by Crippen LogP contribution is -2.08. The quantitative estimate of drug-likeness (QED) is 0.832. The van der Waals surface area contributed by atoms with E-state index in [-0.39, 0.29) is 0 Å². The SMILES string of the molecule is CCCNc1nccn1Cc1cccnc1. The summed E-state index contributed by atoms with van der Waals surface area (Å²) in [6.07, 6.45) is 8.55. The molecule has 0 amide bonds. The Labute approximate surface area is 95.4 Å². The summed E-state index contributed by atoms with van der Waals surface area (Å²) in [6.45, 7) is 3.89. The third-order valence-corrected chi connectivity index (χ3v) is 2.32. The molecule has 1 N–H and O–H groups in total. The zero-order valence-electron chi connectivity index (χ0n) is 9.43. The average molecular weight is 216 g/mol. The highest BCUT2D eigenvalue weighted by Crippen LogP contribution is 2.08. The van der Waals surface area contributed by atoms with Gasteiger partial charge in [0.2, 0.25) is 5.95 Å². The van der Waals surface area contributed by atoms with Crippen molar-refractivity contribution in [1.29, 1.82) is 0 Å². The number of hydrogen-bond donors (Lipinski definition) is 1. The molecule has 0 aliphatic carbocycles. The Morgan fingerprint density at radius 1 is 1.38 bits per heavy atom. The molecule has 0 aromatic carbocycles. The standard InChI is InChI=1S/C12H16N4/c1-2-5-14-12-15-7-8-16(12)10-11-4-3-6-13-9-11/h3-4,6-9H,2,5,10H2,1H3,(H,14,15). The van der Waals surface area contributed by atoms with Gasteiger partial charge in [0, 0.05) is 31.3 Å². The third-order valence-electron chi connectivity index (χ3n) is 2.32. The average Bonchev–Trinajstić information content (AvgIpc) is 2.75. The first kappa shape index (κ1) is 10.7. The molecule has 0 radical (unpaired) electrons. The second-order valence-electron chi connectivity index (χ2n) is 3.67. The molecule has 0 saturated heterocycles. The van der Waals surface area contributed by atoms with E-state index in [0.717, 1.165) is 25.5 Å². The van der Waals surface area contributed by atoms with Gasteiger partial charge in [-0.1, -0.05) is 13.0 Å². The summed E-state index contributed by atoms with van der Waals surface area (Å²) in [5.74, 6) is 0.922. The maximum absolute atomic E-state index is 4.28. The number of anilines is 1. The largest absolute Gasteiger partial charge is 0.356 e. The van der Waals surface area contributed by atoms with Crippen molar-refractivity contribution in [3.8, 4) is 0 Å². The maximum atomic E-state index is 4.28. The minimum atomic E-state index is 0.805. The smallest absolute Gasteiger partial charge is 0.203 e. The second-order valence-corrected chi connectivity index (χ2v) is 3.67. The van der Waals surface area contributed by atoms with Gasteiger partial charge in [-0.15, -0.1) is 0 Å². The van der Waals surface area contributed by atoms with Crippen LogP contribution in [0.5, 0.6) is 0 Å². The van der Waals surface area contributed by atoms with Crippen molar-refractivity contribution in [1.82, 2.24) is 14.5 Å². The number of nitrogens with one attached hydrogen (secondary N) is 1. The molecule has 4 heteroatoms. The first-order chi connectivity index (χ1) is 7.90. The Balaban J connectivity index is 2.07. The summed E-state index contributed by atoms with van der Waals surface area (Å²) in [7, 11) is 0. The minimum Gasteiger partial charge on any atom is -0.356 e. The summed E-state index contributed by atoms with van der Waals surface area (Å²) in [5, 5.41) is 3.29. The monoisotopic (exact) mass is 216 g/mol. The van der Waals surface area contributed by atoms with E-state index < -0.39 is 0 Å². The van der Waals surface area contributed by atoms with E-state index in [1.165, 1.54) is 5.56 Å². The Kier molecular flexibility index (Phi) is 3.53.